The van der Waals surface area contributed by atoms with Gasteiger partial charge in [0.25, 0.3) is 0 Å². The van der Waals surface area contributed by atoms with Crippen LogP contribution in [-0.2, 0) is 17.5 Å². The van der Waals surface area contributed by atoms with Gasteiger partial charge in [-0.25, -0.2) is 0 Å². The molecule has 9 heteroatoms. The summed E-state index contributed by atoms with van der Waals surface area (Å²) in [7, 11) is 0. The molecule has 0 bridgehead atoms. The Balaban J connectivity index is 2.00. The molecule has 1 amide bonds. The molecule has 124 valence electrons. The van der Waals surface area contributed by atoms with Crippen molar-refractivity contribution in [2.45, 2.75) is 25.7 Å². The van der Waals surface area contributed by atoms with Gasteiger partial charge in [-0.1, -0.05) is 29.3 Å². The van der Waals surface area contributed by atoms with Crippen molar-refractivity contribution < 1.29 is 18.0 Å². The van der Waals surface area contributed by atoms with Gasteiger partial charge in [-0.15, -0.1) is 0 Å². The Hall–Kier alpha value is -1.73. The molecule has 4 nitrogen and oxygen atoms in total. The van der Waals surface area contributed by atoms with Crippen LogP contribution in [0, 0.1) is 0 Å². The summed E-state index contributed by atoms with van der Waals surface area (Å²) in [5.74, 6) is -0.486. The van der Waals surface area contributed by atoms with Crippen molar-refractivity contribution in [1.82, 2.24) is 15.1 Å². The molecule has 0 spiro atoms. The van der Waals surface area contributed by atoms with Crippen LogP contribution >= 0.6 is 23.2 Å². The Labute approximate surface area is 140 Å². The molecular formula is C14H12Cl2F3N3O. The number of halogens is 5. The average Bonchev–Trinajstić information content (AvgIpc) is 2.86. The number of nitrogens with zero attached hydrogens (tertiary/aromatic N) is 2. The maximum Gasteiger partial charge on any atom is 0.435 e. The van der Waals surface area contributed by atoms with E-state index in [-0.39, 0.29) is 6.54 Å². The minimum Gasteiger partial charge on any atom is -0.348 e. The Morgan fingerprint density at radius 3 is 2.61 bits per heavy atom. The Morgan fingerprint density at radius 2 is 2.04 bits per heavy atom. The molecule has 0 aliphatic heterocycles. The van der Waals surface area contributed by atoms with Crippen LogP contribution in [0.25, 0.3) is 0 Å². The van der Waals surface area contributed by atoms with Crippen LogP contribution in [0.4, 0.5) is 13.2 Å². The topological polar surface area (TPSA) is 46.9 Å². The molecule has 23 heavy (non-hydrogen) atoms. The van der Waals surface area contributed by atoms with Gasteiger partial charge in [0.05, 0.1) is 6.04 Å². The molecule has 1 atom stereocenters. The van der Waals surface area contributed by atoms with Crippen molar-refractivity contribution in [3.8, 4) is 0 Å². The molecule has 2 aromatic rings. The van der Waals surface area contributed by atoms with E-state index in [2.05, 4.69) is 10.4 Å². The normalized spacial score (nSPS) is 13.0. The Morgan fingerprint density at radius 1 is 1.35 bits per heavy atom. The quantitative estimate of drug-likeness (QED) is 0.886. The number of aromatic nitrogens is 2. The monoisotopic (exact) mass is 365 g/mol. The van der Waals surface area contributed by atoms with E-state index < -0.39 is 23.8 Å². The highest BCUT2D eigenvalue weighted by molar-refractivity contribution is 6.35. The molecule has 2 rings (SSSR count). The molecule has 1 heterocycles. The first kappa shape index (κ1) is 17.6. The summed E-state index contributed by atoms with van der Waals surface area (Å²) in [4.78, 5) is 11.9. The van der Waals surface area contributed by atoms with Crippen LogP contribution in [-0.4, -0.2) is 15.7 Å². The lowest BCUT2D eigenvalue weighted by atomic mass is 10.1. The molecule has 0 saturated carbocycles. The van der Waals surface area contributed by atoms with E-state index in [0.29, 0.717) is 15.6 Å². The lowest BCUT2D eigenvalue weighted by molar-refractivity contribution is -0.141. The number of amides is 1. The zero-order chi connectivity index (χ0) is 17.2. The Bertz CT molecular complexity index is 716. The van der Waals surface area contributed by atoms with Crippen molar-refractivity contribution in [1.29, 1.82) is 0 Å². The van der Waals surface area contributed by atoms with Crippen molar-refractivity contribution in [2.24, 2.45) is 0 Å². The number of alkyl halides is 3. The zero-order valence-corrected chi connectivity index (χ0v) is 13.4. The molecule has 0 radical (unpaired) electrons. The first-order valence-electron chi connectivity index (χ1n) is 6.52. The van der Waals surface area contributed by atoms with E-state index in [1.54, 1.807) is 25.1 Å². The zero-order valence-electron chi connectivity index (χ0n) is 11.9. The first-order chi connectivity index (χ1) is 10.7. The van der Waals surface area contributed by atoms with Crippen molar-refractivity contribution in [2.75, 3.05) is 0 Å². The van der Waals surface area contributed by atoms with Gasteiger partial charge in [-0.05, 0) is 30.7 Å². The maximum atomic E-state index is 12.4. The highest BCUT2D eigenvalue weighted by Crippen LogP contribution is 2.27. The number of hydrogen-bond acceptors (Lipinski definition) is 2. The number of carbonyl (C=O) groups excluding carboxylic acids is 1. The van der Waals surface area contributed by atoms with Gasteiger partial charge in [0, 0.05) is 16.2 Å². The molecule has 1 aromatic heterocycles. The maximum absolute atomic E-state index is 12.4. The second-order valence-electron chi connectivity index (χ2n) is 4.85. The fourth-order valence-electron chi connectivity index (χ4n) is 1.97. The standard InChI is InChI=1S/C14H12Cl2F3N3O/c1-8(10-3-2-9(15)6-11(10)16)20-13(23)7-22-5-4-12(21-22)14(17,18)19/h2-6,8H,7H2,1H3,(H,20,23). The molecule has 0 aliphatic rings. The van der Waals surface area contributed by atoms with Crippen LogP contribution in [0.15, 0.2) is 30.5 Å². The van der Waals surface area contributed by atoms with Gasteiger partial charge in [-0.3, -0.25) is 9.48 Å². The van der Waals surface area contributed by atoms with Crippen molar-refractivity contribution in [3.63, 3.8) is 0 Å². The van der Waals surface area contributed by atoms with Gasteiger partial charge in [0.1, 0.15) is 6.54 Å². The summed E-state index contributed by atoms with van der Waals surface area (Å²) >= 11 is 11.8. The van der Waals surface area contributed by atoms with Gasteiger partial charge in [-0.2, -0.15) is 18.3 Å². The highest BCUT2D eigenvalue weighted by atomic mass is 35.5. The Kier molecular flexibility index (Phi) is 5.21. The van der Waals surface area contributed by atoms with E-state index in [1.807, 2.05) is 0 Å². The number of rotatable bonds is 4. The number of hydrogen-bond donors (Lipinski definition) is 1. The fraction of sp³-hybridized carbons (Fsp3) is 0.286. The van der Waals surface area contributed by atoms with Crippen LogP contribution in [0.2, 0.25) is 10.0 Å². The van der Waals surface area contributed by atoms with E-state index >= 15 is 0 Å². The SMILES string of the molecule is CC(NC(=O)Cn1ccc(C(F)(F)F)n1)c1ccc(Cl)cc1Cl. The third kappa shape index (κ3) is 4.62. The molecule has 0 aliphatic carbocycles. The number of carbonyl (C=O) groups is 1. The number of benzene rings is 1. The van der Waals surface area contributed by atoms with Crippen LogP contribution in [0.5, 0.6) is 0 Å². The van der Waals surface area contributed by atoms with Gasteiger partial charge >= 0.3 is 6.18 Å². The lowest BCUT2D eigenvalue weighted by Gasteiger charge is -2.16. The van der Waals surface area contributed by atoms with E-state index in [0.717, 1.165) is 16.9 Å². The smallest absolute Gasteiger partial charge is 0.348 e. The van der Waals surface area contributed by atoms with Crippen molar-refractivity contribution >= 4 is 29.1 Å². The summed E-state index contributed by atoms with van der Waals surface area (Å²) < 4.78 is 38.3. The summed E-state index contributed by atoms with van der Waals surface area (Å²) in [5, 5.41) is 6.82. The predicted octanol–water partition coefficient (Wildman–Crippen LogP) is 4.09. The third-order valence-corrected chi connectivity index (χ3v) is 3.61. The first-order valence-corrected chi connectivity index (χ1v) is 7.27. The summed E-state index contributed by atoms with van der Waals surface area (Å²) in [5.41, 5.74) is -0.389. The largest absolute Gasteiger partial charge is 0.435 e. The molecule has 0 fully saturated rings. The van der Waals surface area contributed by atoms with Crippen LogP contribution < -0.4 is 5.32 Å². The van der Waals surface area contributed by atoms with Crippen LogP contribution in [0.3, 0.4) is 0 Å². The minimum absolute atomic E-state index is 0.328. The fourth-order valence-corrected chi connectivity index (χ4v) is 2.54. The summed E-state index contributed by atoms with van der Waals surface area (Å²) in [6.45, 7) is 1.38. The molecule has 0 saturated heterocycles. The van der Waals surface area contributed by atoms with E-state index in [1.165, 1.54) is 0 Å². The van der Waals surface area contributed by atoms with E-state index in [4.69, 9.17) is 23.2 Å². The van der Waals surface area contributed by atoms with Crippen LogP contribution in [0.1, 0.15) is 24.2 Å². The van der Waals surface area contributed by atoms with Crippen molar-refractivity contribution in [3.05, 3.63) is 51.8 Å². The molecule has 1 aromatic carbocycles. The molecule has 1 unspecified atom stereocenters. The predicted molar refractivity (Wildman–Crippen MR) is 80.2 cm³/mol. The lowest BCUT2D eigenvalue weighted by Crippen LogP contribution is -2.30. The third-order valence-electron chi connectivity index (χ3n) is 3.04. The summed E-state index contributed by atoms with van der Waals surface area (Å²) in [6.07, 6.45) is -3.44. The second kappa shape index (κ2) is 6.80. The highest BCUT2D eigenvalue weighted by Gasteiger charge is 2.33. The minimum atomic E-state index is -4.54. The average molecular weight is 366 g/mol. The second-order valence-corrected chi connectivity index (χ2v) is 5.69. The van der Waals surface area contributed by atoms with Gasteiger partial charge in [0.15, 0.2) is 5.69 Å². The van der Waals surface area contributed by atoms with E-state index in [9.17, 15) is 18.0 Å². The number of nitrogens with one attached hydrogen (secondary N) is 1. The molecule has 1 N–H and O–H groups in total. The van der Waals surface area contributed by atoms with Gasteiger partial charge in [0.2, 0.25) is 5.91 Å². The molecular weight excluding hydrogens is 354 g/mol. The summed E-state index contributed by atoms with van der Waals surface area (Å²) in [6, 6.07) is 5.24. The van der Waals surface area contributed by atoms with Gasteiger partial charge < -0.3 is 5.32 Å².